The number of rotatable bonds is 6. The van der Waals surface area contributed by atoms with Gasteiger partial charge in [0.2, 0.25) is 0 Å². The molecule has 1 unspecified atom stereocenters. The van der Waals surface area contributed by atoms with E-state index in [1.54, 1.807) is 11.3 Å². The van der Waals surface area contributed by atoms with Crippen LogP contribution in [0.25, 0.3) is 0 Å². The van der Waals surface area contributed by atoms with Gasteiger partial charge in [-0.15, -0.1) is 11.3 Å². The predicted octanol–water partition coefficient (Wildman–Crippen LogP) is 3.52. The molecule has 4 heteroatoms. The van der Waals surface area contributed by atoms with Gasteiger partial charge in [-0.25, -0.2) is 0 Å². The van der Waals surface area contributed by atoms with Gasteiger partial charge in [-0.1, -0.05) is 18.5 Å². The lowest BCUT2D eigenvalue weighted by Crippen LogP contribution is -2.38. The highest BCUT2D eigenvalue weighted by molar-refractivity contribution is 7.16. The van der Waals surface area contributed by atoms with Crippen molar-refractivity contribution < 1.29 is 0 Å². The molecule has 1 heterocycles. The highest BCUT2D eigenvalue weighted by Crippen LogP contribution is 2.31. The van der Waals surface area contributed by atoms with Crippen LogP contribution in [-0.4, -0.2) is 24.0 Å². The fourth-order valence-electron chi connectivity index (χ4n) is 1.95. The van der Waals surface area contributed by atoms with Crippen LogP contribution >= 0.6 is 22.9 Å². The van der Waals surface area contributed by atoms with Crippen LogP contribution in [0, 0.1) is 0 Å². The Kier molecular flexibility index (Phi) is 5.76. The first-order valence-electron chi connectivity index (χ1n) is 5.81. The summed E-state index contributed by atoms with van der Waals surface area (Å²) in [4.78, 5) is 3.72. The molecule has 0 saturated carbocycles. The monoisotopic (exact) mass is 260 g/mol. The molecule has 16 heavy (non-hydrogen) atoms. The minimum atomic E-state index is 0.303. The molecule has 1 rings (SSSR count). The Labute approximate surface area is 107 Å². The zero-order valence-corrected chi connectivity index (χ0v) is 11.8. The molecule has 0 aliphatic rings. The maximum Gasteiger partial charge on any atom is 0.0931 e. The first-order valence-corrected chi connectivity index (χ1v) is 7.00. The molecule has 0 radical (unpaired) electrons. The number of halogens is 1. The summed E-state index contributed by atoms with van der Waals surface area (Å²) in [6.07, 6.45) is 1.15. The van der Waals surface area contributed by atoms with Gasteiger partial charge in [0.05, 0.1) is 10.4 Å². The average Bonchev–Trinajstić information content (AvgIpc) is 2.64. The molecule has 1 aromatic rings. The second-order valence-electron chi connectivity index (χ2n) is 4.22. The number of hydrogen-bond donors (Lipinski definition) is 1. The Morgan fingerprint density at radius 3 is 2.50 bits per heavy atom. The third-order valence-corrected chi connectivity index (χ3v) is 4.02. The van der Waals surface area contributed by atoms with Gasteiger partial charge in [0, 0.05) is 17.5 Å². The van der Waals surface area contributed by atoms with Crippen molar-refractivity contribution in [1.29, 1.82) is 0 Å². The third kappa shape index (κ3) is 3.45. The largest absolute Gasteiger partial charge is 0.329 e. The normalized spacial score (nSPS) is 13.7. The van der Waals surface area contributed by atoms with Gasteiger partial charge in [0.25, 0.3) is 0 Å². The van der Waals surface area contributed by atoms with E-state index in [0.29, 0.717) is 18.6 Å². The highest BCUT2D eigenvalue weighted by atomic mass is 35.5. The maximum absolute atomic E-state index is 5.98. The van der Waals surface area contributed by atoms with Crippen molar-refractivity contribution >= 4 is 22.9 Å². The molecule has 0 fully saturated rings. The topological polar surface area (TPSA) is 29.3 Å². The Balaban J connectivity index is 2.85. The third-order valence-electron chi connectivity index (χ3n) is 2.69. The van der Waals surface area contributed by atoms with Gasteiger partial charge >= 0.3 is 0 Å². The van der Waals surface area contributed by atoms with E-state index in [1.807, 2.05) is 6.07 Å². The summed E-state index contributed by atoms with van der Waals surface area (Å²) in [5, 5.41) is 0. The second kappa shape index (κ2) is 6.60. The molecule has 1 aromatic heterocycles. The smallest absolute Gasteiger partial charge is 0.0931 e. The Morgan fingerprint density at radius 2 is 2.12 bits per heavy atom. The van der Waals surface area contributed by atoms with E-state index >= 15 is 0 Å². The molecule has 0 spiro atoms. The Morgan fingerprint density at radius 1 is 1.44 bits per heavy atom. The maximum atomic E-state index is 5.98. The van der Waals surface area contributed by atoms with Gasteiger partial charge in [-0.05, 0) is 38.9 Å². The molecule has 0 aliphatic heterocycles. The minimum Gasteiger partial charge on any atom is -0.329 e. The fraction of sp³-hybridized carbons (Fsp3) is 0.667. The van der Waals surface area contributed by atoms with Crippen LogP contribution < -0.4 is 5.73 Å². The van der Waals surface area contributed by atoms with Crippen LogP contribution in [-0.2, 0) is 0 Å². The summed E-state index contributed by atoms with van der Waals surface area (Å²) in [7, 11) is 0. The van der Waals surface area contributed by atoms with Crippen LogP contribution in [0.3, 0.4) is 0 Å². The standard InChI is InChI=1S/C12H21ClN2S/c1-4-7-15(9(2)3)10(8-14)11-5-6-12(13)16-11/h5-6,9-10H,4,7-8,14H2,1-3H3. The van der Waals surface area contributed by atoms with Crippen LogP contribution in [0.1, 0.15) is 38.1 Å². The van der Waals surface area contributed by atoms with E-state index in [9.17, 15) is 0 Å². The lowest BCUT2D eigenvalue weighted by atomic mass is 10.1. The van der Waals surface area contributed by atoms with Crippen molar-refractivity contribution in [3.05, 3.63) is 21.3 Å². The average molecular weight is 261 g/mol. The van der Waals surface area contributed by atoms with Crippen LogP contribution in [0.5, 0.6) is 0 Å². The summed E-state index contributed by atoms with van der Waals surface area (Å²) in [6.45, 7) is 8.36. The van der Waals surface area contributed by atoms with Crippen molar-refractivity contribution in [2.45, 2.75) is 39.3 Å². The van der Waals surface area contributed by atoms with Gasteiger partial charge in [0.1, 0.15) is 0 Å². The zero-order valence-electron chi connectivity index (χ0n) is 10.2. The first-order chi connectivity index (χ1) is 7.60. The molecule has 92 valence electrons. The summed E-state index contributed by atoms with van der Waals surface area (Å²) in [5.41, 5.74) is 5.90. The van der Waals surface area contributed by atoms with Crippen molar-refractivity contribution in [2.75, 3.05) is 13.1 Å². The number of hydrogen-bond acceptors (Lipinski definition) is 3. The minimum absolute atomic E-state index is 0.303. The van der Waals surface area contributed by atoms with Crippen molar-refractivity contribution in [2.24, 2.45) is 5.73 Å². The molecule has 0 amide bonds. The molecule has 0 aromatic carbocycles. The Hall–Kier alpha value is -0.0900. The first kappa shape index (κ1) is 14.0. The molecule has 1 atom stereocenters. The number of thiophene rings is 1. The molecule has 2 nitrogen and oxygen atoms in total. The SMILES string of the molecule is CCCN(C(C)C)C(CN)c1ccc(Cl)s1. The summed E-state index contributed by atoms with van der Waals surface area (Å²) >= 11 is 7.62. The quantitative estimate of drug-likeness (QED) is 0.848. The molecule has 2 N–H and O–H groups in total. The summed E-state index contributed by atoms with van der Waals surface area (Å²) < 4.78 is 0.841. The highest BCUT2D eigenvalue weighted by Gasteiger charge is 2.22. The van der Waals surface area contributed by atoms with E-state index in [2.05, 4.69) is 31.7 Å². The van der Waals surface area contributed by atoms with E-state index in [4.69, 9.17) is 17.3 Å². The fourth-order valence-corrected chi connectivity index (χ4v) is 3.15. The second-order valence-corrected chi connectivity index (χ2v) is 5.97. The van der Waals surface area contributed by atoms with Crippen molar-refractivity contribution in [1.82, 2.24) is 4.90 Å². The lowest BCUT2D eigenvalue weighted by molar-refractivity contribution is 0.160. The van der Waals surface area contributed by atoms with Gasteiger partial charge < -0.3 is 5.73 Å². The Bertz CT molecular complexity index is 312. The summed E-state index contributed by atoms with van der Waals surface area (Å²) in [6, 6.07) is 4.86. The zero-order chi connectivity index (χ0) is 12.1. The van der Waals surface area contributed by atoms with E-state index in [-0.39, 0.29) is 0 Å². The summed E-state index contributed by atoms with van der Waals surface area (Å²) in [5.74, 6) is 0. The molecule has 0 saturated heterocycles. The van der Waals surface area contributed by atoms with Crippen molar-refractivity contribution in [3.63, 3.8) is 0 Å². The van der Waals surface area contributed by atoms with Gasteiger partial charge in [0.15, 0.2) is 0 Å². The van der Waals surface area contributed by atoms with E-state index in [1.165, 1.54) is 4.88 Å². The van der Waals surface area contributed by atoms with Gasteiger partial charge in [-0.3, -0.25) is 4.90 Å². The molecular weight excluding hydrogens is 240 g/mol. The predicted molar refractivity (Wildman–Crippen MR) is 73.3 cm³/mol. The lowest BCUT2D eigenvalue weighted by Gasteiger charge is -2.33. The van der Waals surface area contributed by atoms with Crippen LogP contribution in [0.4, 0.5) is 0 Å². The van der Waals surface area contributed by atoms with E-state index in [0.717, 1.165) is 17.3 Å². The van der Waals surface area contributed by atoms with Crippen LogP contribution in [0.2, 0.25) is 4.34 Å². The molecule has 0 bridgehead atoms. The van der Waals surface area contributed by atoms with Gasteiger partial charge in [-0.2, -0.15) is 0 Å². The van der Waals surface area contributed by atoms with Crippen molar-refractivity contribution in [3.8, 4) is 0 Å². The molecule has 0 aliphatic carbocycles. The van der Waals surface area contributed by atoms with Crippen LogP contribution in [0.15, 0.2) is 12.1 Å². The molecular formula is C12H21ClN2S. The van der Waals surface area contributed by atoms with E-state index < -0.39 is 0 Å². The number of nitrogens with two attached hydrogens (primary N) is 1. The number of nitrogens with zero attached hydrogens (tertiary/aromatic N) is 1.